The molecule has 17 heavy (non-hydrogen) atoms. The molecule has 1 N–H and O–H groups in total. The minimum absolute atomic E-state index is 0.317. The van der Waals surface area contributed by atoms with E-state index in [9.17, 15) is 0 Å². The van der Waals surface area contributed by atoms with Crippen molar-refractivity contribution < 1.29 is 4.42 Å². The minimum Gasteiger partial charge on any atom is -0.423 e. The van der Waals surface area contributed by atoms with Crippen LogP contribution in [0.3, 0.4) is 0 Å². The minimum atomic E-state index is 0.317. The quantitative estimate of drug-likeness (QED) is 0.872. The Morgan fingerprint density at radius 2 is 2.12 bits per heavy atom. The Balaban J connectivity index is 2.20. The number of hydrogen-bond donors (Lipinski definition) is 1. The van der Waals surface area contributed by atoms with Gasteiger partial charge in [0.2, 0.25) is 17.5 Å². The maximum Gasteiger partial charge on any atom is 0.232 e. The molecule has 1 heterocycles. The molecule has 0 bridgehead atoms. The van der Waals surface area contributed by atoms with Gasteiger partial charge in [0.15, 0.2) is 0 Å². The van der Waals surface area contributed by atoms with Crippen LogP contribution in [0.4, 0.5) is 5.88 Å². The third-order valence-corrected chi connectivity index (χ3v) is 2.31. The molecule has 0 fully saturated rings. The normalized spacial score (nSPS) is 9.88. The SMILES string of the molecule is CCNc1oc(Cc2ccccc2)nc1C#N. The highest BCUT2D eigenvalue weighted by Crippen LogP contribution is 2.18. The van der Waals surface area contributed by atoms with Crippen molar-refractivity contribution in [1.82, 2.24) is 4.98 Å². The smallest absolute Gasteiger partial charge is 0.232 e. The molecule has 4 nitrogen and oxygen atoms in total. The maximum atomic E-state index is 8.91. The molecule has 0 aliphatic rings. The fourth-order valence-corrected chi connectivity index (χ4v) is 1.57. The predicted octanol–water partition coefficient (Wildman–Crippen LogP) is 2.57. The molecule has 2 aromatic rings. The molecule has 4 heteroatoms. The zero-order chi connectivity index (χ0) is 12.1. The lowest BCUT2D eigenvalue weighted by molar-refractivity contribution is 0.518. The summed E-state index contributed by atoms with van der Waals surface area (Å²) in [4.78, 5) is 4.15. The van der Waals surface area contributed by atoms with Crippen molar-refractivity contribution in [2.24, 2.45) is 0 Å². The van der Waals surface area contributed by atoms with E-state index >= 15 is 0 Å². The first-order valence-electron chi connectivity index (χ1n) is 5.51. The van der Waals surface area contributed by atoms with Crippen LogP contribution in [0.5, 0.6) is 0 Å². The highest BCUT2D eigenvalue weighted by Gasteiger charge is 2.12. The third-order valence-electron chi connectivity index (χ3n) is 2.31. The fraction of sp³-hybridized carbons (Fsp3) is 0.231. The van der Waals surface area contributed by atoms with Gasteiger partial charge in [-0.2, -0.15) is 5.26 Å². The van der Waals surface area contributed by atoms with E-state index in [1.54, 1.807) is 0 Å². The van der Waals surface area contributed by atoms with Crippen LogP contribution in [0, 0.1) is 11.3 Å². The van der Waals surface area contributed by atoms with Gasteiger partial charge in [-0.3, -0.25) is 0 Å². The average molecular weight is 227 g/mol. The van der Waals surface area contributed by atoms with Gasteiger partial charge in [-0.15, -0.1) is 0 Å². The zero-order valence-corrected chi connectivity index (χ0v) is 9.60. The number of anilines is 1. The summed E-state index contributed by atoms with van der Waals surface area (Å²) in [5, 5.41) is 11.9. The summed E-state index contributed by atoms with van der Waals surface area (Å²) in [6.45, 7) is 2.65. The van der Waals surface area contributed by atoms with E-state index in [0.29, 0.717) is 30.4 Å². The van der Waals surface area contributed by atoms with Crippen LogP contribution in [0.25, 0.3) is 0 Å². The van der Waals surface area contributed by atoms with Gasteiger partial charge in [0.05, 0.1) is 0 Å². The van der Waals surface area contributed by atoms with Gasteiger partial charge in [-0.05, 0) is 12.5 Å². The van der Waals surface area contributed by atoms with Gasteiger partial charge in [0.1, 0.15) is 6.07 Å². The number of nitrogens with one attached hydrogen (secondary N) is 1. The molecular formula is C13H13N3O. The molecule has 0 atom stereocenters. The fourth-order valence-electron chi connectivity index (χ4n) is 1.57. The summed E-state index contributed by atoms with van der Waals surface area (Å²) < 4.78 is 5.51. The maximum absolute atomic E-state index is 8.91. The van der Waals surface area contributed by atoms with Crippen LogP contribution in [-0.4, -0.2) is 11.5 Å². The van der Waals surface area contributed by atoms with E-state index in [0.717, 1.165) is 5.56 Å². The van der Waals surface area contributed by atoms with Crippen molar-refractivity contribution in [2.75, 3.05) is 11.9 Å². The Hall–Kier alpha value is -2.28. The summed E-state index contributed by atoms with van der Waals surface area (Å²) >= 11 is 0. The first kappa shape index (κ1) is 11.2. The van der Waals surface area contributed by atoms with Crippen molar-refractivity contribution in [2.45, 2.75) is 13.3 Å². The highest BCUT2D eigenvalue weighted by molar-refractivity contribution is 5.45. The molecule has 0 saturated carbocycles. The van der Waals surface area contributed by atoms with Crippen molar-refractivity contribution in [3.05, 3.63) is 47.5 Å². The largest absolute Gasteiger partial charge is 0.423 e. The number of hydrogen-bond acceptors (Lipinski definition) is 4. The van der Waals surface area contributed by atoms with Gasteiger partial charge in [0, 0.05) is 13.0 Å². The molecule has 1 aromatic carbocycles. The number of aromatic nitrogens is 1. The second-order valence-corrected chi connectivity index (χ2v) is 3.59. The predicted molar refractivity (Wildman–Crippen MR) is 64.6 cm³/mol. The van der Waals surface area contributed by atoms with Gasteiger partial charge in [-0.1, -0.05) is 30.3 Å². The van der Waals surface area contributed by atoms with Gasteiger partial charge < -0.3 is 9.73 Å². The lowest BCUT2D eigenvalue weighted by atomic mass is 10.1. The molecule has 0 unspecified atom stereocenters. The van der Waals surface area contributed by atoms with Crippen LogP contribution in [0.2, 0.25) is 0 Å². The molecule has 0 aliphatic carbocycles. The van der Waals surface area contributed by atoms with Crippen LogP contribution in [0.1, 0.15) is 24.1 Å². The van der Waals surface area contributed by atoms with E-state index < -0.39 is 0 Å². The zero-order valence-electron chi connectivity index (χ0n) is 9.60. The Bertz CT molecular complexity index is 525. The molecule has 86 valence electrons. The summed E-state index contributed by atoms with van der Waals surface area (Å²) in [6, 6.07) is 11.9. The molecule has 0 amide bonds. The van der Waals surface area contributed by atoms with Gasteiger partial charge >= 0.3 is 0 Å². The van der Waals surface area contributed by atoms with Crippen molar-refractivity contribution in [3.63, 3.8) is 0 Å². The second kappa shape index (κ2) is 5.17. The average Bonchev–Trinajstić information content (AvgIpc) is 2.73. The van der Waals surface area contributed by atoms with Gasteiger partial charge in [-0.25, -0.2) is 4.98 Å². The van der Waals surface area contributed by atoms with Crippen LogP contribution < -0.4 is 5.32 Å². The van der Waals surface area contributed by atoms with E-state index in [1.807, 2.05) is 43.3 Å². The van der Waals surface area contributed by atoms with E-state index in [1.165, 1.54) is 0 Å². The lowest BCUT2D eigenvalue weighted by Gasteiger charge is -1.97. The summed E-state index contributed by atoms with van der Waals surface area (Å²) in [7, 11) is 0. The number of benzene rings is 1. The van der Waals surface area contributed by atoms with E-state index in [2.05, 4.69) is 10.3 Å². The van der Waals surface area contributed by atoms with Crippen molar-refractivity contribution in [3.8, 4) is 6.07 Å². The van der Waals surface area contributed by atoms with Crippen molar-refractivity contribution >= 4 is 5.88 Å². The summed E-state index contributed by atoms with van der Waals surface area (Å²) in [6.07, 6.45) is 0.598. The topological polar surface area (TPSA) is 61.9 Å². The third kappa shape index (κ3) is 2.64. The first-order valence-corrected chi connectivity index (χ1v) is 5.51. The number of nitriles is 1. The van der Waals surface area contributed by atoms with E-state index in [4.69, 9.17) is 9.68 Å². The molecule has 2 rings (SSSR count). The second-order valence-electron chi connectivity index (χ2n) is 3.59. The Morgan fingerprint density at radius 3 is 2.76 bits per heavy atom. The van der Waals surface area contributed by atoms with Gasteiger partial charge in [0.25, 0.3) is 0 Å². The van der Waals surface area contributed by atoms with Crippen molar-refractivity contribution in [1.29, 1.82) is 5.26 Å². The molecule has 0 aliphatic heterocycles. The molecule has 0 spiro atoms. The van der Waals surface area contributed by atoms with E-state index in [-0.39, 0.29) is 0 Å². The molecule has 0 radical (unpaired) electrons. The molecule has 0 saturated heterocycles. The van der Waals surface area contributed by atoms with Crippen LogP contribution in [-0.2, 0) is 6.42 Å². The Kier molecular flexibility index (Phi) is 3.41. The van der Waals surface area contributed by atoms with Crippen LogP contribution in [0.15, 0.2) is 34.7 Å². The number of nitrogens with zero attached hydrogens (tertiary/aromatic N) is 2. The van der Waals surface area contributed by atoms with Crippen LogP contribution >= 0.6 is 0 Å². The highest BCUT2D eigenvalue weighted by atomic mass is 16.4. The first-order chi connectivity index (χ1) is 8.33. The number of oxazole rings is 1. The summed E-state index contributed by atoms with van der Waals surface area (Å²) in [5.41, 5.74) is 1.43. The number of rotatable bonds is 4. The standard InChI is InChI=1S/C13H13N3O/c1-2-15-13-11(9-14)16-12(17-13)8-10-6-4-3-5-7-10/h3-7,15H,2,8H2,1H3. The Labute approximate surface area is 99.9 Å². The Morgan fingerprint density at radius 1 is 1.35 bits per heavy atom. The summed E-state index contributed by atoms with van der Waals surface area (Å²) in [5.74, 6) is 1.02. The molecular weight excluding hydrogens is 214 g/mol. The molecule has 1 aromatic heterocycles. The lowest BCUT2D eigenvalue weighted by Crippen LogP contribution is -1.96. The monoisotopic (exact) mass is 227 g/mol.